The van der Waals surface area contributed by atoms with E-state index in [1.165, 1.54) is 30.2 Å². The predicted octanol–water partition coefficient (Wildman–Crippen LogP) is 4.60. The number of aryl methyl sites for hydroxylation is 1. The van der Waals surface area contributed by atoms with Crippen molar-refractivity contribution >= 4 is 0 Å². The van der Waals surface area contributed by atoms with Gasteiger partial charge in [0.2, 0.25) is 0 Å². The first-order valence-electron chi connectivity index (χ1n) is 5.89. The summed E-state index contributed by atoms with van der Waals surface area (Å²) in [6.07, 6.45) is 3.86. The van der Waals surface area contributed by atoms with Gasteiger partial charge in [-0.3, -0.25) is 0 Å². The highest BCUT2D eigenvalue weighted by Crippen LogP contribution is 2.31. The third kappa shape index (κ3) is 3.13. The highest BCUT2D eigenvalue weighted by molar-refractivity contribution is 5.37. The van der Waals surface area contributed by atoms with Crippen LogP contribution in [0.2, 0.25) is 0 Å². The molecule has 16 heavy (non-hydrogen) atoms. The van der Waals surface area contributed by atoms with Gasteiger partial charge in [0.15, 0.2) is 0 Å². The Morgan fingerprint density at radius 3 is 2.56 bits per heavy atom. The first-order chi connectivity index (χ1) is 7.49. The average Bonchev–Trinajstić information content (AvgIpc) is 2.17. The summed E-state index contributed by atoms with van der Waals surface area (Å²) in [4.78, 5) is 0. The highest BCUT2D eigenvalue weighted by atomic mass is 16.5. The summed E-state index contributed by atoms with van der Waals surface area (Å²) in [5, 5.41) is 0. The molecule has 1 aromatic rings. The molecule has 0 saturated carbocycles. The van der Waals surface area contributed by atoms with Gasteiger partial charge in [0.1, 0.15) is 5.75 Å². The molecule has 0 amide bonds. The van der Waals surface area contributed by atoms with Crippen molar-refractivity contribution in [2.24, 2.45) is 0 Å². The van der Waals surface area contributed by atoms with Crippen LogP contribution in [0.4, 0.5) is 0 Å². The lowest BCUT2D eigenvalue weighted by molar-refractivity contribution is 0.458. The second kappa shape index (κ2) is 5.20. The molecule has 0 unspecified atom stereocenters. The summed E-state index contributed by atoms with van der Waals surface area (Å²) in [5.74, 6) is 0.883. The fourth-order valence-corrected chi connectivity index (χ4v) is 2.07. The van der Waals surface area contributed by atoms with E-state index in [0.717, 1.165) is 5.75 Å². The van der Waals surface area contributed by atoms with Crippen LogP contribution in [-0.4, -0.2) is 0 Å². The van der Waals surface area contributed by atoms with E-state index >= 15 is 0 Å². The van der Waals surface area contributed by atoms with Crippen molar-refractivity contribution in [2.45, 2.75) is 46.0 Å². The van der Waals surface area contributed by atoms with Crippen LogP contribution in [0.25, 0.3) is 0 Å². The fraction of sp³-hybridized carbons (Fsp3) is 0.467. The van der Waals surface area contributed by atoms with Gasteiger partial charge in [0, 0.05) is 0 Å². The minimum atomic E-state index is 0.208. The van der Waals surface area contributed by atoms with Gasteiger partial charge in [-0.25, -0.2) is 0 Å². The molecule has 1 aromatic carbocycles. The summed E-state index contributed by atoms with van der Waals surface area (Å²) < 4.78 is 5.36. The lowest BCUT2D eigenvalue weighted by Crippen LogP contribution is -2.16. The zero-order chi connectivity index (χ0) is 12.2. The van der Waals surface area contributed by atoms with Crippen molar-refractivity contribution in [2.75, 3.05) is 0 Å². The Morgan fingerprint density at radius 2 is 2.00 bits per heavy atom. The molecule has 0 saturated heterocycles. The quantitative estimate of drug-likeness (QED) is 0.656. The van der Waals surface area contributed by atoms with Crippen molar-refractivity contribution < 1.29 is 4.74 Å². The van der Waals surface area contributed by atoms with Gasteiger partial charge < -0.3 is 4.74 Å². The molecule has 1 nitrogen and oxygen atoms in total. The molecule has 0 aliphatic heterocycles. The third-order valence-corrected chi connectivity index (χ3v) is 2.93. The molecule has 1 heteroatoms. The summed E-state index contributed by atoms with van der Waals surface area (Å²) in [6, 6.07) is 6.39. The molecular formula is C15H22O. The van der Waals surface area contributed by atoms with Crippen LogP contribution in [0, 0.1) is 6.92 Å². The van der Waals surface area contributed by atoms with Crippen LogP contribution in [-0.2, 0) is 5.41 Å². The monoisotopic (exact) mass is 218 g/mol. The Labute approximate surface area is 99.1 Å². The molecule has 88 valence electrons. The Kier molecular flexibility index (Phi) is 4.17. The van der Waals surface area contributed by atoms with E-state index in [9.17, 15) is 0 Å². The van der Waals surface area contributed by atoms with Crippen molar-refractivity contribution in [1.82, 2.24) is 0 Å². The first kappa shape index (κ1) is 12.8. The van der Waals surface area contributed by atoms with E-state index < -0.39 is 0 Å². The molecule has 0 radical (unpaired) electrons. The van der Waals surface area contributed by atoms with Gasteiger partial charge in [0.25, 0.3) is 0 Å². The van der Waals surface area contributed by atoms with E-state index in [0.29, 0.717) is 0 Å². The maximum atomic E-state index is 5.36. The number of hydrogen-bond acceptors (Lipinski definition) is 1. The SMILES string of the molecule is C=COc1cc(C)cc(C(C)(C)CCC)c1. The van der Waals surface area contributed by atoms with Gasteiger partial charge in [-0.05, 0) is 42.0 Å². The minimum Gasteiger partial charge on any atom is -0.466 e. The lowest BCUT2D eigenvalue weighted by atomic mass is 9.80. The Hall–Kier alpha value is -1.24. The summed E-state index contributed by atoms with van der Waals surface area (Å²) >= 11 is 0. The van der Waals surface area contributed by atoms with Crippen LogP contribution in [0.3, 0.4) is 0 Å². The van der Waals surface area contributed by atoms with Crippen LogP contribution in [0.15, 0.2) is 31.0 Å². The topological polar surface area (TPSA) is 9.23 Å². The van der Waals surface area contributed by atoms with Gasteiger partial charge >= 0.3 is 0 Å². The summed E-state index contributed by atoms with van der Waals surface area (Å²) in [6.45, 7) is 12.5. The molecule has 0 bridgehead atoms. The second-order valence-corrected chi connectivity index (χ2v) is 4.95. The van der Waals surface area contributed by atoms with Crippen LogP contribution < -0.4 is 4.74 Å². The fourth-order valence-electron chi connectivity index (χ4n) is 2.07. The van der Waals surface area contributed by atoms with Gasteiger partial charge in [-0.15, -0.1) is 0 Å². The number of benzene rings is 1. The molecule has 0 N–H and O–H groups in total. The van der Waals surface area contributed by atoms with Gasteiger partial charge in [-0.2, -0.15) is 0 Å². The molecule has 1 rings (SSSR count). The molecule has 0 aliphatic carbocycles. The van der Waals surface area contributed by atoms with Gasteiger partial charge in [0.05, 0.1) is 6.26 Å². The molecule has 0 heterocycles. The van der Waals surface area contributed by atoms with Crippen LogP contribution >= 0.6 is 0 Å². The van der Waals surface area contributed by atoms with Crippen molar-refractivity contribution in [3.05, 3.63) is 42.2 Å². The van der Waals surface area contributed by atoms with E-state index in [2.05, 4.69) is 46.4 Å². The standard InChI is InChI=1S/C15H22O/c1-6-8-15(4,5)13-9-12(3)10-14(11-13)16-7-2/h7,9-11H,2,6,8H2,1,3-5H3. The Balaban J connectivity index is 3.08. The average molecular weight is 218 g/mol. The zero-order valence-electron chi connectivity index (χ0n) is 10.8. The van der Waals surface area contributed by atoms with E-state index in [1.54, 1.807) is 0 Å². The molecule has 0 aliphatic rings. The second-order valence-electron chi connectivity index (χ2n) is 4.95. The van der Waals surface area contributed by atoms with E-state index in [4.69, 9.17) is 4.74 Å². The lowest BCUT2D eigenvalue weighted by Gasteiger charge is -2.25. The highest BCUT2D eigenvalue weighted by Gasteiger charge is 2.20. The molecule has 0 spiro atoms. The number of ether oxygens (including phenoxy) is 1. The number of hydrogen-bond donors (Lipinski definition) is 0. The Bertz CT molecular complexity index is 364. The van der Waals surface area contributed by atoms with Gasteiger partial charge in [-0.1, -0.05) is 39.8 Å². The normalized spacial score (nSPS) is 11.2. The molecular weight excluding hydrogens is 196 g/mol. The van der Waals surface area contributed by atoms with Crippen LogP contribution in [0.5, 0.6) is 5.75 Å². The summed E-state index contributed by atoms with van der Waals surface area (Å²) in [7, 11) is 0. The number of rotatable bonds is 5. The molecule has 0 aromatic heterocycles. The maximum Gasteiger partial charge on any atom is 0.127 e. The Morgan fingerprint density at radius 1 is 1.31 bits per heavy atom. The van der Waals surface area contributed by atoms with Crippen LogP contribution in [0.1, 0.15) is 44.7 Å². The zero-order valence-corrected chi connectivity index (χ0v) is 10.8. The summed E-state index contributed by atoms with van der Waals surface area (Å²) in [5.41, 5.74) is 2.78. The van der Waals surface area contributed by atoms with Crippen molar-refractivity contribution in [3.63, 3.8) is 0 Å². The van der Waals surface area contributed by atoms with E-state index in [-0.39, 0.29) is 5.41 Å². The van der Waals surface area contributed by atoms with E-state index in [1.807, 2.05) is 6.07 Å². The van der Waals surface area contributed by atoms with Crippen molar-refractivity contribution in [1.29, 1.82) is 0 Å². The smallest absolute Gasteiger partial charge is 0.127 e. The molecule has 0 fully saturated rings. The first-order valence-corrected chi connectivity index (χ1v) is 5.89. The minimum absolute atomic E-state index is 0.208. The van der Waals surface area contributed by atoms with Crippen molar-refractivity contribution in [3.8, 4) is 5.75 Å². The predicted molar refractivity (Wildman–Crippen MR) is 69.9 cm³/mol. The maximum absolute atomic E-state index is 5.36. The largest absolute Gasteiger partial charge is 0.466 e. The third-order valence-electron chi connectivity index (χ3n) is 2.93. The molecule has 0 atom stereocenters.